The Morgan fingerprint density at radius 2 is 2.25 bits per heavy atom. The molecule has 1 aromatic heterocycles. The maximum Gasteiger partial charge on any atom is 0.191 e. The van der Waals surface area contributed by atoms with E-state index in [4.69, 9.17) is 0 Å². The van der Waals surface area contributed by atoms with Crippen molar-refractivity contribution in [2.45, 2.75) is 45.8 Å². The predicted molar refractivity (Wildman–Crippen MR) is 99.1 cm³/mol. The highest BCUT2D eigenvalue weighted by molar-refractivity contribution is 9.10. The Bertz CT molecular complexity index is 752. The molecule has 0 fully saturated rings. The Hall–Kier alpha value is -1.89. The Morgan fingerprint density at radius 3 is 3.00 bits per heavy atom. The van der Waals surface area contributed by atoms with Gasteiger partial charge in [-0.05, 0) is 43.5 Å². The van der Waals surface area contributed by atoms with Crippen LogP contribution in [0.1, 0.15) is 29.2 Å². The SMILES string of the molecule is CN=C(NCc1ccc(Br)cc1C)NC1CCc2nc(C)nn2C1. The number of aliphatic imine (C=N–C) groups is 1. The molecule has 0 saturated heterocycles. The summed E-state index contributed by atoms with van der Waals surface area (Å²) in [6, 6.07) is 6.64. The number of aryl methyl sites for hydroxylation is 3. The first-order valence-electron chi connectivity index (χ1n) is 8.17. The lowest BCUT2D eigenvalue weighted by Crippen LogP contribution is -2.46. The number of rotatable bonds is 3. The molecule has 0 amide bonds. The standard InChI is InChI=1S/C17H23BrN6/c1-11-8-14(18)5-4-13(11)9-20-17(19-3)22-15-6-7-16-21-12(2)23-24(16)10-15/h4-5,8,15H,6-7,9-10H2,1-3H3,(H2,19,20,22). The zero-order valence-corrected chi connectivity index (χ0v) is 15.9. The van der Waals surface area contributed by atoms with Crippen molar-refractivity contribution in [2.75, 3.05) is 7.05 Å². The molecule has 24 heavy (non-hydrogen) atoms. The Labute approximate surface area is 150 Å². The minimum absolute atomic E-state index is 0.316. The summed E-state index contributed by atoms with van der Waals surface area (Å²) >= 11 is 3.50. The molecule has 2 heterocycles. The van der Waals surface area contributed by atoms with Crippen molar-refractivity contribution in [3.63, 3.8) is 0 Å². The van der Waals surface area contributed by atoms with E-state index in [2.05, 4.69) is 66.8 Å². The van der Waals surface area contributed by atoms with Crippen molar-refractivity contribution < 1.29 is 0 Å². The first-order chi connectivity index (χ1) is 11.5. The van der Waals surface area contributed by atoms with Gasteiger partial charge in [0.15, 0.2) is 5.96 Å². The van der Waals surface area contributed by atoms with E-state index < -0.39 is 0 Å². The molecule has 1 unspecified atom stereocenters. The quantitative estimate of drug-likeness (QED) is 0.623. The van der Waals surface area contributed by atoms with E-state index in [9.17, 15) is 0 Å². The number of fused-ring (bicyclic) bond motifs is 1. The van der Waals surface area contributed by atoms with Crippen LogP contribution in [-0.4, -0.2) is 33.8 Å². The summed E-state index contributed by atoms with van der Waals surface area (Å²) in [5.74, 6) is 2.75. The van der Waals surface area contributed by atoms with Crippen LogP contribution in [-0.2, 0) is 19.5 Å². The number of nitrogens with zero attached hydrogens (tertiary/aromatic N) is 4. The van der Waals surface area contributed by atoms with Crippen LogP contribution in [0.25, 0.3) is 0 Å². The van der Waals surface area contributed by atoms with E-state index in [1.165, 1.54) is 11.1 Å². The highest BCUT2D eigenvalue weighted by Crippen LogP contribution is 2.16. The minimum atomic E-state index is 0.316. The van der Waals surface area contributed by atoms with Crippen molar-refractivity contribution in [1.82, 2.24) is 25.4 Å². The lowest BCUT2D eigenvalue weighted by molar-refractivity contribution is 0.392. The highest BCUT2D eigenvalue weighted by atomic mass is 79.9. The van der Waals surface area contributed by atoms with Gasteiger partial charge in [-0.3, -0.25) is 4.99 Å². The van der Waals surface area contributed by atoms with E-state index in [0.717, 1.165) is 48.0 Å². The predicted octanol–water partition coefficient (Wildman–Crippen LogP) is 2.34. The molecule has 0 bridgehead atoms. The van der Waals surface area contributed by atoms with Gasteiger partial charge >= 0.3 is 0 Å². The Balaban J connectivity index is 1.57. The van der Waals surface area contributed by atoms with Crippen LogP contribution < -0.4 is 10.6 Å². The normalized spacial score (nSPS) is 17.5. The monoisotopic (exact) mass is 390 g/mol. The third-order valence-electron chi connectivity index (χ3n) is 4.28. The molecule has 2 N–H and O–H groups in total. The van der Waals surface area contributed by atoms with Crippen LogP contribution in [0.4, 0.5) is 0 Å². The minimum Gasteiger partial charge on any atom is -0.352 e. The van der Waals surface area contributed by atoms with Gasteiger partial charge in [0.2, 0.25) is 0 Å². The number of hydrogen-bond donors (Lipinski definition) is 2. The van der Waals surface area contributed by atoms with E-state index in [0.29, 0.717) is 6.04 Å². The molecule has 0 aliphatic carbocycles. The van der Waals surface area contributed by atoms with Gasteiger partial charge in [-0.25, -0.2) is 9.67 Å². The molecule has 2 aromatic rings. The summed E-state index contributed by atoms with van der Waals surface area (Å²) < 4.78 is 3.11. The van der Waals surface area contributed by atoms with E-state index in [-0.39, 0.29) is 0 Å². The number of benzene rings is 1. The molecule has 1 aromatic carbocycles. The smallest absolute Gasteiger partial charge is 0.191 e. The fraction of sp³-hybridized carbons (Fsp3) is 0.471. The van der Waals surface area contributed by atoms with Crippen LogP contribution in [0.15, 0.2) is 27.7 Å². The first kappa shape index (κ1) is 17.0. The molecule has 3 rings (SSSR count). The van der Waals surface area contributed by atoms with Crippen molar-refractivity contribution in [3.05, 3.63) is 45.4 Å². The topological polar surface area (TPSA) is 67.1 Å². The average Bonchev–Trinajstić information content (AvgIpc) is 2.92. The number of aromatic nitrogens is 3. The first-order valence-corrected chi connectivity index (χ1v) is 8.97. The number of guanidine groups is 1. The molecule has 7 heteroatoms. The molecule has 128 valence electrons. The van der Waals surface area contributed by atoms with Crippen LogP contribution in [0.2, 0.25) is 0 Å². The molecule has 6 nitrogen and oxygen atoms in total. The largest absolute Gasteiger partial charge is 0.352 e. The van der Waals surface area contributed by atoms with Gasteiger partial charge in [-0.15, -0.1) is 0 Å². The summed E-state index contributed by atoms with van der Waals surface area (Å²) in [6.07, 6.45) is 1.98. The van der Waals surface area contributed by atoms with Gasteiger partial charge < -0.3 is 10.6 Å². The molecular weight excluding hydrogens is 368 g/mol. The van der Waals surface area contributed by atoms with Crippen molar-refractivity contribution >= 4 is 21.9 Å². The van der Waals surface area contributed by atoms with Crippen LogP contribution in [0, 0.1) is 13.8 Å². The van der Waals surface area contributed by atoms with Crippen molar-refractivity contribution in [1.29, 1.82) is 0 Å². The maximum atomic E-state index is 4.45. The summed E-state index contributed by atoms with van der Waals surface area (Å²) in [5.41, 5.74) is 2.52. The highest BCUT2D eigenvalue weighted by Gasteiger charge is 2.21. The van der Waals surface area contributed by atoms with Gasteiger partial charge in [-0.1, -0.05) is 22.0 Å². The second kappa shape index (κ2) is 7.34. The molecule has 0 saturated carbocycles. The maximum absolute atomic E-state index is 4.45. The number of hydrogen-bond acceptors (Lipinski definition) is 3. The number of nitrogens with one attached hydrogen (secondary N) is 2. The van der Waals surface area contributed by atoms with Crippen LogP contribution in [0.5, 0.6) is 0 Å². The fourth-order valence-corrected chi connectivity index (χ4v) is 3.45. The Kier molecular flexibility index (Phi) is 5.18. The van der Waals surface area contributed by atoms with Crippen molar-refractivity contribution in [3.8, 4) is 0 Å². The molecule has 1 aliphatic heterocycles. The molecule has 0 radical (unpaired) electrons. The fourth-order valence-electron chi connectivity index (χ4n) is 2.98. The summed E-state index contributed by atoms with van der Waals surface area (Å²) in [7, 11) is 1.80. The molecule has 0 spiro atoms. The molecule has 1 atom stereocenters. The lowest BCUT2D eigenvalue weighted by Gasteiger charge is -2.25. The van der Waals surface area contributed by atoms with Gasteiger partial charge in [0, 0.05) is 30.5 Å². The van der Waals surface area contributed by atoms with Gasteiger partial charge in [0.05, 0.1) is 6.54 Å². The summed E-state index contributed by atoms with van der Waals surface area (Å²) in [4.78, 5) is 8.80. The van der Waals surface area contributed by atoms with E-state index >= 15 is 0 Å². The van der Waals surface area contributed by atoms with E-state index in [1.807, 2.05) is 11.6 Å². The summed E-state index contributed by atoms with van der Waals surface area (Å²) in [6.45, 7) is 5.63. The zero-order valence-electron chi connectivity index (χ0n) is 14.3. The Morgan fingerprint density at radius 1 is 1.42 bits per heavy atom. The average molecular weight is 391 g/mol. The molecule has 1 aliphatic rings. The third kappa shape index (κ3) is 3.95. The van der Waals surface area contributed by atoms with E-state index in [1.54, 1.807) is 7.05 Å². The van der Waals surface area contributed by atoms with Crippen LogP contribution in [0.3, 0.4) is 0 Å². The van der Waals surface area contributed by atoms with Gasteiger partial charge in [0.1, 0.15) is 11.6 Å². The third-order valence-corrected chi connectivity index (χ3v) is 4.77. The second-order valence-electron chi connectivity index (χ2n) is 6.13. The number of halogens is 1. The lowest BCUT2D eigenvalue weighted by atomic mass is 10.1. The zero-order chi connectivity index (χ0) is 17.1. The molecular formula is C17H23BrN6. The summed E-state index contributed by atoms with van der Waals surface area (Å²) in [5, 5.41) is 11.3. The van der Waals surface area contributed by atoms with Crippen molar-refractivity contribution in [2.24, 2.45) is 4.99 Å². The van der Waals surface area contributed by atoms with Crippen LogP contribution >= 0.6 is 15.9 Å². The second-order valence-corrected chi connectivity index (χ2v) is 7.05. The van der Waals surface area contributed by atoms with Gasteiger partial charge in [0.25, 0.3) is 0 Å². The van der Waals surface area contributed by atoms with Gasteiger partial charge in [-0.2, -0.15) is 5.10 Å².